The molecule has 0 radical (unpaired) electrons. The van der Waals surface area contributed by atoms with Gasteiger partial charge in [0.15, 0.2) is 11.5 Å². The van der Waals surface area contributed by atoms with Crippen molar-refractivity contribution in [3.63, 3.8) is 0 Å². The van der Waals surface area contributed by atoms with Crippen LogP contribution in [0.2, 0.25) is 0 Å². The molecule has 1 aliphatic rings. The second-order valence-electron chi connectivity index (χ2n) is 7.68. The fourth-order valence-electron chi connectivity index (χ4n) is 3.56. The number of aromatic nitrogens is 2. The van der Waals surface area contributed by atoms with E-state index in [0.29, 0.717) is 29.1 Å². The van der Waals surface area contributed by atoms with Crippen molar-refractivity contribution in [2.45, 2.75) is 32.6 Å². The van der Waals surface area contributed by atoms with E-state index in [-0.39, 0.29) is 24.0 Å². The van der Waals surface area contributed by atoms with Gasteiger partial charge in [0.25, 0.3) is 5.91 Å². The van der Waals surface area contributed by atoms with Gasteiger partial charge in [-0.3, -0.25) is 4.79 Å². The van der Waals surface area contributed by atoms with E-state index in [0.717, 1.165) is 10.6 Å². The Hall–Kier alpha value is -4.48. The van der Waals surface area contributed by atoms with E-state index in [1.54, 1.807) is 30.3 Å². The lowest BCUT2D eigenvalue weighted by atomic mass is 10.0. The molecule has 1 aliphatic heterocycles. The number of H-pyrrole nitrogens is 1. The summed E-state index contributed by atoms with van der Waals surface area (Å²) in [5.74, 6) is -0.356. The van der Waals surface area contributed by atoms with Crippen LogP contribution in [0.15, 0.2) is 60.1 Å². The number of carbonyl (C=O) groups excluding carboxylic acids is 2. The highest BCUT2D eigenvalue weighted by molar-refractivity contribution is 6.06. The average molecular weight is 499 g/mol. The molecule has 1 atom stereocenters. The Balaban J connectivity index is 1.54. The molecule has 2 amide bonds. The van der Waals surface area contributed by atoms with E-state index in [9.17, 15) is 18.4 Å². The molecule has 3 aromatic rings. The topological polar surface area (TPSA) is 118 Å². The largest absolute Gasteiger partial charge is 0.493 e. The zero-order chi connectivity index (χ0) is 25.7. The second kappa shape index (κ2) is 10.8. The molecule has 0 saturated heterocycles. The van der Waals surface area contributed by atoms with Gasteiger partial charge in [0.05, 0.1) is 26.2 Å². The average Bonchev–Trinajstić information content (AvgIpc) is 3.41. The first-order valence-electron chi connectivity index (χ1n) is 11.0. The Morgan fingerprint density at radius 3 is 2.64 bits per heavy atom. The number of hydrogen-bond donors (Lipinski definition) is 2. The Morgan fingerprint density at radius 1 is 1.22 bits per heavy atom. The van der Waals surface area contributed by atoms with Crippen LogP contribution in [0.3, 0.4) is 0 Å². The third-order valence-corrected chi connectivity index (χ3v) is 5.32. The highest BCUT2D eigenvalue weighted by Gasteiger charge is 2.31. The number of ether oxygens (including phenoxy) is 3. The number of methoxy groups -OCH3 is 1. The minimum absolute atomic E-state index is 0.0874. The van der Waals surface area contributed by atoms with Crippen LogP contribution in [-0.4, -0.2) is 52.5 Å². The van der Waals surface area contributed by atoms with Gasteiger partial charge in [-0.05, 0) is 42.3 Å². The number of rotatable bonds is 9. The summed E-state index contributed by atoms with van der Waals surface area (Å²) in [4.78, 5) is 31.3. The molecule has 0 saturated carbocycles. The van der Waals surface area contributed by atoms with Crippen LogP contribution in [0.5, 0.6) is 11.5 Å². The Morgan fingerprint density at radius 2 is 2.00 bits per heavy atom. The number of amides is 2. The van der Waals surface area contributed by atoms with E-state index in [4.69, 9.17) is 9.47 Å². The summed E-state index contributed by atoms with van der Waals surface area (Å²) < 4.78 is 40.9. The van der Waals surface area contributed by atoms with Crippen LogP contribution in [-0.2, 0) is 11.3 Å². The molecule has 0 fully saturated rings. The van der Waals surface area contributed by atoms with Crippen LogP contribution in [0.4, 0.5) is 19.3 Å². The lowest BCUT2D eigenvalue weighted by Crippen LogP contribution is -2.41. The third kappa shape index (κ3) is 5.59. The van der Waals surface area contributed by atoms with Crippen molar-refractivity contribution in [2.75, 3.05) is 12.4 Å². The SMILES string of the molecule is CCC1OC(=O)N(Cc2ccc(NC(=O)c3cnc[nH]3)cc2)N=C1c1ccc(OC)c(OC(F)F)c1. The number of nitrogens with zero attached hydrogens (tertiary/aromatic N) is 3. The molecule has 4 rings (SSSR count). The molecule has 1 unspecified atom stereocenters. The number of alkyl halides is 2. The summed E-state index contributed by atoms with van der Waals surface area (Å²) in [5, 5.41) is 8.36. The molecule has 10 nitrogen and oxygen atoms in total. The standard InChI is InChI=1S/C24H23F2N5O5/c1-3-18-21(15-6-9-19(34-2)20(10-15)35-23(25)26)30-31(24(33)36-18)12-14-4-7-16(8-5-14)29-22(32)17-11-27-13-28-17/h4-11,13,18,23H,3,12H2,1-2H3,(H,27,28)(H,29,32). The predicted molar refractivity (Wildman–Crippen MR) is 125 cm³/mol. The van der Waals surface area contributed by atoms with Gasteiger partial charge in [-0.2, -0.15) is 18.9 Å². The molecule has 12 heteroatoms. The van der Waals surface area contributed by atoms with Gasteiger partial charge in [-0.15, -0.1) is 0 Å². The summed E-state index contributed by atoms with van der Waals surface area (Å²) in [6.07, 6.45) is 1.95. The summed E-state index contributed by atoms with van der Waals surface area (Å²) in [6.45, 7) is -1.13. The molecule has 36 heavy (non-hydrogen) atoms. The van der Waals surface area contributed by atoms with E-state index >= 15 is 0 Å². The molecule has 2 aromatic carbocycles. The molecule has 2 heterocycles. The summed E-state index contributed by atoms with van der Waals surface area (Å²) in [6, 6.07) is 11.3. The summed E-state index contributed by atoms with van der Waals surface area (Å²) in [7, 11) is 1.35. The normalized spacial score (nSPS) is 15.4. The lowest BCUT2D eigenvalue weighted by molar-refractivity contribution is -0.0512. The van der Waals surface area contributed by atoms with Crippen molar-refractivity contribution >= 4 is 23.4 Å². The summed E-state index contributed by atoms with van der Waals surface area (Å²) >= 11 is 0. The lowest BCUT2D eigenvalue weighted by Gasteiger charge is -2.29. The number of aromatic amines is 1. The van der Waals surface area contributed by atoms with Crippen molar-refractivity contribution < 1.29 is 32.6 Å². The van der Waals surface area contributed by atoms with Crippen LogP contribution in [0, 0.1) is 0 Å². The molecule has 1 aromatic heterocycles. The van der Waals surface area contributed by atoms with Gasteiger partial charge >= 0.3 is 12.7 Å². The van der Waals surface area contributed by atoms with E-state index < -0.39 is 18.8 Å². The number of carbonyl (C=O) groups is 2. The fourth-order valence-corrected chi connectivity index (χ4v) is 3.56. The van der Waals surface area contributed by atoms with Crippen molar-refractivity contribution in [2.24, 2.45) is 5.10 Å². The van der Waals surface area contributed by atoms with Crippen molar-refractivity contribution in [1.82, 2.24) is 15.0 Å². The van der Waals surface area contributed by atoms with Crippen LogP contribution < -0.4 is 14.8 Å². The number of hydrazone groups is 1. The maximum atomic E-state index is 12.9. The number of halogens is 2. The fraction of sp³-hybridized carbons (Fsp3) is 0.250. The van der Waals surface area contributed by atoms with E-state index in [1.165, 1.54) is 31.8 Å². The minimum Gasteiger partial charge on any atom is -0.493 e. The van der Waals surface area contributed by atoms with Gasteiger partial charge in [0.1, 0.15) is 17.5 Å². The monoisotopic (exact) mass is 499 g/mol. The van der Waals surface area contributed by atoms with Crippen molar-refractivity contribution in [1.29, 1.82) is 0 Å². The molecule has 2 N–H and O–H groups in total. The van der Waals surface area contributed by atoms with Gasteiger partial charge in [-0.1, -0.05) is 19.1 Å². The van der Waals surface area contributed by atoms with E-state index in [2.05, 4.69) is 25.1 Å². The first kappa shape index (κ1) is 24.6. The summed E-state index contributed by atoms with van der Waals surface area (Å²) in [5.41, 5.74) is 2.44. The van der Waals surface area contributed by atoms with E-state index in [1.807, 2.05) is 6.92 Å². The Labute approximate surface area is 204 Å². The number of anilines is 1. The van der Waals surface area contributed by atoms with Gasteiger partial charge in [-0.25, -0.2) is 9.78 Å². The first-order valence-corrected chi connectivity index (χ1v) is 11.0. The van der Waals surface area contributed by atoms with Gasteiger partial charge < -0.3 is 24.5 Å². The smallest absolute Gasteiger partial charge is 0.431 e. The maximum absolute atomic E-state index is 12.9. The minimum atomic E-state index is -3.04. The van der Waals surface area contributed by atoms with Crippen LogP contribution >= 0.6 is 0 Å². The molecule has 0 bridgehead atoms. The number of imidazole rings is 1. The molecule has 188 valence electrons. The molecule has 0 spiro atoms. The van der Waals surface area contributed by atoms with Crippen LogP contribution in [0.25, 0.3) is 0 Å². The van der Waals surface area contributed by atoms with Crippen molar-refractivity contribution in [3.8, 4) is 11.5 Å². The Bertz CT molecular complexity index is 1250. The quantitative estimate of drug-likeness (QED) is 0.450. The zero-order valence-electron chi connectivity index (χ0n) is 19.4. The Kier molecular flexibility index (Phi) is 7.42. The number of cyclic esters (lactones) is 1. The molecule has 0 aliphatic carbocycles. The third-order valence-electron chi connectivity index (χ3n) is 5.32. The molecular formula is C24H23F2N5O5. The second-order valence-corrected chi connectivity index (χ2v) is 7.68. The highest BCUT2D eigenvalue weighted by atomic mass is 19.3. The van der Waals surface area contributed by atoms with Gasteiger partial charge in [0, 0.05) is 11.3 Å². The number of benzene rings is 2. The first-order chi connectivity index (χ1) is 17.4. The van der Waals surface area contributed by atoms with Crippen LogP contribution in [0.1, 0.15) is 35.0 Å². The van der Waals surface area contributed by atoms with Crippen molar-refractivity contribution in [3.05, 3.63) is 71.8 Å². The van der Waals surface area contributed by atoms with Gasteiger partial charge in [0.2, 0.25) is 0 Å². The predicted octanol–water partition coefficient (Wildman–Crippen LogP) is 4.41. The maximum Gasteiger partial charge on any atom is 0.431 e. The number of hydrogen-bond acceptors (Lipinski definition) is 7. The zero-order valence-corrected chi connectivity index (χ0v) is 19.4. The highest BCUT2D eigenvalue weighted by Crippen LogP contribution is 2.31. The molecular weight excluding hydrogens is 476 g/mol. The number of nitrogens with one attached hydrogen (secondary N) is 2.